The van der Waals surface area contributed by atoms with Crippen LogP contribution in [0.5, 0.6) is 0 Å². The van der Waals surface area contributed by atoms with E-state index in [0.29, 0.717) is 6.42 Å². The van der Waals surface area contributed by atoms with Gasteiger partial charge in [0.25, 0.3) is 0 Å². The highest BCUT2D eigenvalue weighted by molar-refractivity contribution is 5.73. The minimum Gasteiger partial charge on any atom is -0.459 e. The van der Waals surface area contributed by atoms with Crippen LogP contribution in [0.15, 0.2) is 0 Å². The SMILES string of the molecule is CC[C@H]1OC(=O)[C@H](C)[C@@H](OC2CC(C)(OC)C(O)C(C)O2)[C@H](C)[C@@H](OC2OC(C)CC(N(C)C)C2O)[C@](C)(O)C[C@@H](C)[C@H](NC2CCCC2)[C@H](C)[C@@H](O)[C@]1(C)O. The fourth-order valence-electron chi connectivity index (χ4n) is 10.3. The van der Waals surface area contributed by atoms with Crippen LogP contribution in [0.1, 0.15) is 121 Å². The molecule has 3 saturated heterocycles. The Morgan fingerprint density at radius 1 is 0.893 bits per heavy atom. The Hall–Kier alpha value is -1.01. The van der Waals surface area contributed by atoms with Crippen molar-refractivity contribution in [2.45, 2.75) is 217 Å². The second kappa shape index (κ2) is 19.1. The molecule has 328 valence electrons. The van der Waals surface area contributed by atoms with Gasteiger partial charge in [0, 0.05) is 43.5 Å². The van der Waals surface area contributed by atoms with Crippen molar-refractivity contribution in [2.75, 3.05) is 21.2 Å². The molecule has 14 heteroatoms. The van der Waals surface area contributed by atoms with Gasteiger partial charge in [0.1, 0.15) is 23.9 Å². The largest absolute Gasteiger partial charge is 0.459 e. The predicted molar refractivity (Wildman–Crippen MR) is 210 cm³/mol. The Morgan fingerprint density at radius 3 is 2.09 bits per heavy atom. The quantitative estimate of drug-likeness (QED) is 0.187. The lowest BCUT2D eigenvalue weighted by Crippen LogP contribution is -2.62. The Bertz CT molecular complexity index is 1250. The van der Waals surface area contributed by atoms with Gasteiger partial charge in [-0.15, -0.1) is 0 Å². The van der Waals surface area contributed by atoms with E-state index < -0.39 is 95.8 Å². The van der Waals surface area contributed by atoms with Crippen molar-refractivity contribution in [3.8, 4) is 0 Å². The highest BCUT2D eigenvalue weighted by Gasteiger charge is 2.54. The normalized spacial score (nSPS) is 49.4. The van der Waals surface area contributed by atoms with E-state index in [1.54, 1.807) is 34.6 Å². The van der Waals surface area contributed by atoms with E-state index in [-0.39, 0.29) is 49.4 Å². The maximum absolute atomic E-state index is 14.4. The Balaban J connectivity index is 1.85. The van der Waals surface area contributed by atoms with E-state index >= 15 is 0 Å². The van der Waals surface area contributed by atoms with Crippen LogP contribution >= 0.6 is 0 Å². The minimum atomic E-state index is -1.81. The number of aliphatic hydroxyl groups is 5. The summed E-state index contributed by atoms with van der Waals surface area (Å²) in [6, 6.07) is -0.424. The second-order valence-electron chi connectivity index (χ2n) is 18.9. The molecule has 4 fully saturated rings. The number of ether oxygens (including phenoxy) is 6. The molecule has 6 N–H and O–H groups in total. The Morgan fingerprint density at radius 2 is 1.52 bits per heavy atom. The number of cyclic esters (lactones) is 1. The molecule has 0 aromatic rings. The number of likely N-dealkylation sites (N-methyl/N-ethyl adjacent to an activating group) is 1. The Kier molecular flexibility index (Phi) is 16.3. The lowest BCUT2D eigenvalue weighted by Gasteiger charge is -2.50. The molecule has 0 amide bonds. The highest BCUT2D eigenvalue weighted by atomic mass is 16.7. The van der Waals surface area contributed by atoms with Gasteiger partial charge in [0.15, 0.2) is 12.6 Å². The van der Waals surface area contributed by atoms with Crippen molar-refractivity contribution >= 4 is 5.97 Å². The topological polar surface area (TPSA) is 189 Å². The second-order valence-corrected chi connectivity index (χ2v) is 18.9. The van der Waals surface area contributed by atoms with Crippen molar-refractivity contribution < 1.29 is 58.7 Å². The van der Waals surface area contributed by atoms with Crippen molar-refractivity contribution in [3.05, 3.63) is 0 Å². The molecule has 1 saturated carbocycles. The first-order valence-electron chi connectivity index (χ1n) is 21.3. The Labute approximate surface area is 336 Å². The zero-order valence-corrected chi connectivity index (χ0v) is 36.5. The number of methoxy groups -OCH3 is 1. The maximum Gasteiger partial charge on any atom is 0.311 e. The zero-order valence-electron chi connectivity index (χ0n) is 36.5. The molecule has 0 bridgehead atoms. The molecule has 0 spiro atoms. The number of nitrogens with one attached hydrogen (secondary N) is 1. The van der Waals surface area contributed by atoms with E-state index in [1.165, 1.54) is 14.0 Å². The summed E-state index contributed by atoms with van der Waals surface area (Å²) in [4.78, 5) is 16.3. The van der Waals surface area contributed by atoms with Crippen LogP contribution < -0.4 is 5.32 Å². The van der Waals surface area contributed by atoms with Crippen LogP contribution in [-0.2, 0) is 33.2 Å². The molecular formula is C42H78N2O12. The van der Waals surface area contributed by atoms with E-state index in [1.807, 2.05) is 46.7 Å². The van der Waals surface area contributed by atoms with Gasteiger partial charge in [-0.3, -0.25) is 4.79 Å². The summed E-state index contributed by atoms with van der Waals surface area (Å²) >= 11 is 0. The predicted octanol–water partition coefficient (Wildman–Crippen LogP) is 3.12. The van der Waals surface area contributed by atoms with Gasteiger partial charge in [0.05, 0.1) is 47.6 Å². The van der Waals surface area contributed by atoms with Crippen molar-refractivity contribution in [2.24, 2.45) is 23.7 Å². The van der Waals surface area contributed by atoms with Crippen LogP contribution in [-0.4, -0.2) is 154 Å². The first-order valence-corrected chi connectivity index (χ1v) is 21.3. The lowest BCUT2D eigenvalue weighted by molar-refractivity contribution is -0.318. The molecule has 0 aromatic heterocycles. The first-order chi connectivity index (χ1) is 26.0. The van der Waals surface area contributed by atoms with Gasteiger partial charge < -0.3 is 64.2 Å². The molecule has 3 aliphatic heterocycles. The number of carbonyl (C=O) groups excluding carboxylic acids is 1. The zero-order chi connectivity index (χ0) is 42.1. The molecule has 3 heterocycles. The van der Waals surface area contributed by atoms with Crippen molar-refractivity contribution in [1.29, 1.82) is 0 Å². The molecule has 0 aromatic carbocycles. The molecule has 0 radical (unpaired) electrons. The smallest absolute Gasteiger partial charge is 0.311 e. The summed E-state index contributed by atoms with van der Waals surface area (Å²) in [5.41, 5.74) is -4.45. The monoisotopic (exact) mass is 803 g/mol. The maximum atomic E-state index is 14.4. The molecule has 4 rings (SSSR count). The molecular weight excluding hydrogens is 724 g/mol. The number of rotatable bonds is 9. The standard InChI is InChI=1S/C42H78N2O12/c1-14-30-42(10,50)35(46)24(4)32(43-28-17-15-16-18-28)22(2)20-40(8,49)37(56-39-33(45)29(44(11)12)19-23(3)52-39)25(5)34(26(6)38(48)54-30)55-31-21-41(9,51-13)36(47)27(7)53-31/h22-37,39,43,45-47,49-50H,14-21H2,1-13H3/t22-,23?,24+,25+,26-,27?,29?,30-,31?,32+,33?,34+,35-,36?,37-,39?,40-,41?,42-/m1/s1. The third-order valence-electron chi connectivity index (χ3n) is 13.9. The van der Waals surface area contributed by atoms with Gasteiger partial charge in [-0.25, -0.2) is 0 Å². The van der Waals surface area contributed by atoms with E-state index in [4.69, 9.17) is 28.4 Å². The van der Waals surface area contributed by atoms with Crippen LogP contribution in [0.3, 0.4) is 0 Å². The third-order valence-corrected chi connectivity index (χ3v) is 13.9. The minimum absolute atomic E-state index is 0.135. The lowest BCUT2D eigenvalue weighted by atomic mass is 9.72. The third kappa shape index (κ3) is 10.5. The van der Waals surface area contributed by atoms with Crippen LogP contribution in [0, 0.1) is 23.7 Å². The summed E-state index contributed by atoms with van der Waals surface area (Å²) in [7, 11) is 5.31. The van der Waals surface area contributed by atoms with Crippen LogP contribution in [0.2, 0.25) is 0 Å². The average molecular weight is 803 g/mol. The average Bonchev–Trinajstić information content (AvgIpc) is 3.65. The molecule has 8 unspecified atom stereocenters. The number of carbonyl (C=O) groups is 1. The van der Waals surface area contributed by atoms with Crippen molar-refractivity contribution in [3.63, 3.8) is 0 Å². The van der Waals surface area contributed by atoms with Gasteiger partial charge >= 0.3 is 5.97 Å². The molecule has 4 aliphatic rings. The number of aliphatic hydroxyl groups excluding tert-OH is 3. The summed E-state index contributed by atoms with van der Waals surface area (Å²) < 4.78 is 38.0. The number of hydrogen-bond acceptors (Lipinski definition) is 14. The highest BCUT2D eigenvalue weighted by Crippen LogP contribution is 2.41. The summed E-state index contributed by atoms with van der Waals surface area (Å²) in [5, 5.41) is 63.4. The van der Waals surface area contributed by atoms with Crippen LogP contribution in [0.4, 0.5) is 0 Å². The van der Waals surface area contributed by atoms with E-state index in [2.05, 4.69) is 5.32 Å². The molecule has 19 atom stereocenters. The van der Waals surface area contributed by atoms with Crippen molar-refractivity contribution in [1.82, 2.24) is 10.2 Å². The van der Waals surface area contributed by atoms with E-state index in [9.17, 15) is 30.3 Å². The van der Waals surface area contributed by atoms with E-state index in [0.717, 1.165) is 25.7 Å². The summed E-state index contributed by atoms with van der Waals surface area (Å²) in [5.74, 6) is -3.21. The fraction of sp³-hybridized carbons (Fsp3) is 0.976. The summed E-state index contributed by atoms with van der Waals surface area (Å²) in [6.45, 7) is 17.9. The van der Waals surface area contributed by atoms with Gasteiger partial charge in [0.2, 0.25) is 0 Å². The number of hydrogen-bond donors (Lipinski definition) is 6. The van der Waals surface area contributed by atoms with Gasteiger partial charge in [-0.1, -0.05) is 40.5 Å². The fourth-order valence-corrected chi connectivity index (χ4v) is 10.3. The number of nitrogens with zero attached hydrogens (tertiary/aromatic N) is 1. The molecule has 14 nitrogen and oxygen atoms in total. The number of esters is 1. The van der Waals surface area contributed by atoms with Crippen LogP contribution in [0.25, 0.3) is 0 Å². The van der Waals surface area contributed by atoms with Gasteiger partial charge in [-0.2, -0.15) is 0 Å². The summed E-state index contributed by atoms with van der Waals surface area (Å²) in [6.07, 6.45) is -4.14. The van der Waals surface area contributed by atoms with Gasteiger partial charge in [-0.05, 0) is 93.7 Å². The molecule has 56 heavy (non-hydrogen) atoms. The molecule has 1 aliphatic carbocycles. The first kappa shape index (κ1) is 47.7.